The molecule has 0 bridgehead atoms. The zero-order chi connectivity index (χ0) is 13.7. The monoisotopic (exact) mass is 323 g/mol. The van der Waals surface area contributed by atoms with Crippen LogP contribution in [0.15, 0.2) is 11.0 Å². The molecule has 0 amide bonds. The molecule has 0 unspecified atom stereocenters. The van der Waals surface area contributed by atoms with Crippen LogP contribution in [0.3, 0.4) is 0 Å². The molecule has 0 aliphatic rings. The van der Waals surface area contributed by atoms with E-state index < -0.39 is 23.5 Å². The van der Waals surface area contributed by atoms with Crippen LogP contribution in [0, 0.1) is 0 Å². The highest BCUT2D eigenvalue weighted by Gasteiger charge is 2.21. The zero-order valence-corrected chi connectivity index (χ0v) is 11.2. The third kappa shape index (κ3) is 3.38. The van der Waals surface area contributed by atoms with Crippen LogP contribution in [0.4, 0.5) is 8.78 Å². The Morgan fingerprint density at radius 1 is 1.56 bits per heavy atom. The summed E-state index contributed by atoms with van der Waals surface area (Å²) in [7, 11) is 0. The predicted molar refractivity (Wildman–Crippen MR) is 65.0 cm³/mol. The van der Waals surface area contributed by atoms with E-state index in [2.05, 4.69) is 20.9 Å². The third-order valence-corrected chi connectivity index (χ3v) is 2.88. The number of nitrogens with one attached hydrogen (secondary N) is 1. The molecule has 1 aromatic heterocycles. The van der Waals surface area contributed by atoms with Crippen LogP contribution < -0.4 is 5.56 Å². The Morgan fingerprint density at radius 2 is 2.22 bits per heavy atom. The minimum absolute atomic E-state index is 0.00132. The summed E-state index contributed by atoms with van der Waals surface area (Å²) in [6, 6.07) is 0. The molecular formula is C11H12BrF2NO3. The second kappa shape index (κ2) is 6.63. The van der Waals surface area contributed by atoms with Gasteiger partial charge in [0.25, 0.3) is 12.0 Å². The van der Waals surface area contributed by atoms with Crippen molar-refractivity contribution in [2.75, 3.05) is 6.61 Å². The van der Waals surface area contributed by atoms with Crippen LogP contribution in [0.5, 0.6) is 0 Å². The lowest BCUT2D eigenvalue weighted by Gasteiger charge is -2.11. The molecule has 1 heterocycles. The maximum Gasteiger partial charge on any atom is 0.310 e. The summed E-state index contributed by atoms with van der Waals surface area (Å²) in [6.07, 6.45) is -1.97. The molecule has 7 heteroatoms. The average molecular weight is 324 g/mol. The predicted octanol–water partition coefficient (Wildman–Crippen LogP) is 2.31. The van der Waals surface area contributed by atoms with Crippen molar-refractivity contribution in [2.24, 2.45) is 0 Å². The first-order valence-corrected chi connectivity index (χ1v) is 6.36. The Labute approximate surface area is 110 Å². The van der Waals surface area contributed by atoms with E-state index in [1.54, 1.807) is 6.92 Å². The number of aromatic nitrogens is 1. The number of hydrogen-bond donors (Lipinski definition) is 1. The SMILES string of the molecule is CCOC(=O)Cc1c[nH]c(=O)c(CBr)c1C(F)F. The highest BCUT2D eigenvalue weighted by molar-refractivity contribution is 9.08. The molecule has 100 valence electrons. The molecule has 4 nitrogen and oxygen atoms in total. The number of rotatable bonds is 5. The van der Waals surface area contributed by atoms with Gasteiger partial charge in [-0.2, -0.15) is 0 Å². The van der Waals surface area contributed by atoms with E-state index >= 15 is 0 Å². The fraction of sp³-hybridized carbons (Fsp3) is 0.455. The molecule has 0 atom stereocenters. The van der Waals surface area contributed by atoms with Crippen molar-refractivity contribution in [2.45, 2.75) is 25.1 Å². The number of esters is 1. The highest BCUT2D eigenvalue weighted by atomic mass is 79.9. The van der Waals surface area contributed by atoms with Gasteiger partial charge in [0.2, 0.25) is 0 Å². The number of H-pyrrole nitrogens is 1. The van der Waals surface area contributed by atoms with Crippen LogP contribution in [0.25, 0.3) is 0 Å². The topological polar surface area (TPSA) is 59.2 Å². The Balaban J connectivity index is 3.19. The molecule has 1 rings (SSSR count). The molecule has 0 radical (unpaired) electrons. The van der Waals surface area contributed by atoms with Gasteiger partial charge < -0.3 is 9.72 Å². The number of carbonyl (C=O) groups is 1. The molecule has 0 aliphatic heterocycles. The lowest BCUT2D eigenvalue weighted by atomic mass is 10.0. The summed E-state index contributed by atoms with van der Waals surface area (Å²) in [6.45, 7) is 1.81. The van der Waals surface area contributed by atoms with Gasteiger partial charge in [0.05, 0.1) is 13.0 Å². The van der Waals surface area contributed by atoms with Crippen LogP contribution in [0.1, 0.15) is 30.0 Å². The van der Waals surface area contributed by atoms with E-state index in [0.717, 1.165) is 6.20 Å². The van der Waals surface area contributed by atoms with Crippen LogP contribution in [0.2, 0.25) is 0 Å². The maximum absolute atomic E-state index is 13.0. The van der Waals surface area contributed by atoms with Crippen LogP contribution in [-0.4, -0.2) is 17.6 Å². The fourth-order valence-electron chi connectivity index (χ4n) is 1.55. The first-order chi connectivity index (χ1) is 8.51. The first-order valence-electron chi connectivity index (χ1n) is 5.24. The molecule has 0 fully saturated rings. The van der Waals surface area contributed by atoms with Crippen molar-refractivity contribution in [3.63, 3.8) is 0 Å². The van der Waals surface area contributed by atoms with Crippen molar-refractivity contribution in [3.05, 3.63) is 33.2 Å². The van der Waals surface area contributed by atoms with Gasteiger partial charge in [-0.05, 0) is 12.5 Å². The Morgan fingerprint density at radius 3 is 2.72 bits per heavy atom. The van der Waals surface area contributed by atoms with E-state index in [1.165, 1.54) is 0 Å². The van der Waals surface area contributed by atoms with E-state index in [9.17, 15) is 18.4 Å². The van der Waals surface area contributed by atoms with E-state index in [1.807, 2.05) is 0 Å². The number of ether oxygens (including phenoxy) is 1. The van der Waals surface area contributed by atoms with Crippen molar-refractivity contribution in [1.29, 1.82) is 0 Å². The van der Waals surface area contributed by atoms with E-state index in [4.69, 9.17) is 4.74 Å². The number of halogens is 3. The number of aromatic amines is 1. The van der Waals surface area contributed by atoms with E-state index in [-0.39, 0.29) is 29.5 Å². The molecule has 18 heavy (non-hydrogen) atoms. The summed E-state index contributed by atoms with van der Waals surface area (Å²) in [5.41, 5.74) is -0.970. The maximum atomic E-state index is 13.0. The molecular weight excluding hydrogens is 312 g/mol. The lowest BCUT2D eigenvalue weighted by molar-refractivity contribution is -0.142. The number of alkyl halides is 3. The smallest absolute Gasteiger partial charge is 0.310 e. The van der Waals surface area contributed by atoms with Gasteiger partial charge in [0.1, 0.15) is 0 Å². The normalized spacial score (nSPS) is 10.7. The summed E-state index contributed by atoms with van der Waals surface area (Å²) in [4.78, 5) is 25.0. The second-order valence-electron chi connectivity index (χ2n) is 3.45. The van der Waals surface area contributed by atoms with Gasteiger partial charge in [-0.25, -0.2) is 8.78 Å². The second-order valence-corrected chi connectivity index (χ2v) is 4.01. The number of hydrogen-bond acceptors (Lipinski definition) is 3. The van der Waals surface area contributed by atoms with Crippen molar-refractivity contribution in [3.8, 4) is 0 Å². The third-order valence-electron chi connectivity index (χ3n) is 2.31. The van der Waals surface area contributed by atoms with Gasteiger partial charge in [0.15, 0.2) is 0 Å². The summed E-state index contributed by atoms with van der Waals surface area (Å²) < 4.78 is 30.6. The largest absolute Gasteiger partial charge is 0.466 e. The first kappa shape index (κ1) is 14.8. The quantitative estimate of drug-likeness (QED) is 0.668. The summed E-state index contributed by atoms with van der Waals surface area (Å²) in [5.74, 6) is -0.605. The molecule has 0 aliphatic carbocycles. The fourth-order valence-corrected chi connectivity index (χ4v) is 2.11. The van der Waals surface area contributed by atoms with Gasteiger partial charge in [-0.15, -0.1) is 0 Å². The van der Waals surface area contributed by atoms with Crippen molar-refractivity contribution in [1.82, 2.24) is 4.98 Å². The minimum Gasteiger partial charge on any atom is -0.466 e. The van der Waals surface area contributed by atoms with E-state index in [0.29, 0.717) is 0 Å². The van der Waals surface area contributed by atoms with Crippen molar-refractivity contribution >= 4 is 21.9 Å². The average Bonchev–Trinajstić information content (AvgIpc) is 2.30. The van der Waals surface area contributed by atoms with Crippen LogP contribution >= 0.6 is 15.9 Å². The molecule has 1 N–H and O–H groups in total. The lowest BCUT2D eigenvalue weighted by Crippen LogP contribution is -2.19. The molecule has 0 spiro atoms. The standard InChI is InChI=1S/C11H12BrF2NO3/c1-2-18-8(16)3-6-5-15-11(17)7(4-12)9(6)10(13)14/h5,10H,2-4H2,1H3,(H,15,17). The van der Waals surface area contributed by atoms with Gasteiger partial charge >= 0.3 is 5.97 Å². The van der Waals surface area contributed by atoms with Gasteiger partial charge in [-0.3, -0.25) is 9.59 Å². The molecule has 1 aromatic rings. The highest BCUT2D eigenvalue weighted by Crippen LogP contribution is 2.26. The number of carbonyl (C=O) groups excluding carboxylic acids is 1. The minimum atomic E-state index is -2.82. The van der Waals surface area contributed by atoms with Crippen LogP contribution in [-0.2, 0) is 21.3 Å². The van der Waals surface area contributed by atoms with Gasteiger partial charge in [0, 0.05) is 22.7 Å². The Kier molecular flexibility index (Phi) is 5.46. The Bertz CT molecular complexity index is 488. The molecule has 0 aromatic carbocycles. The summed E-state index contributed by atoms with van der Waals surface area (Å²) in [5, 5.41) is -0.00132. The Hall–Kier alpha value is -1.24. The van der Waals surface area contributed by atoms with Crippen molar-refractivity contribution < 1.29 is 18.3 Å². The summed E-state index contributed by atoms with van der Waals surface area (Å²) >= 11 is 2.99. The van der Waals surface area contributed by atoms with Gasteiger partial charge in [-0.1, -0.05) is 15.9 Å². The zero-order valence-electron chi connectivity index (χ0n) is 9.63. The molecule has 0 saturated heterocycles. The number of pyridine rings is 1. The molecule has 0 saturated carbocycles.